The number of carbonyl (C=O) groups is 1. The van der Waals surface area contributed by atoms with Crippen molar-refractivity contribution in [2.24, 2.45) is 10.2 Å². The zero-order valence-corrected chi connectivity index (χ0v) is 13.3. The maximum absolute atomic E-state index is 11.5. The van der Waals surface area contributed by atoms with Crippen molar-refractivity contribution in [3.05, 3.63) is 66.1 Å². The van der Waals surface area contributed by atoms with Gasteiger partial charge in [0, 0.05) is 17.8 Å². The number of benzene rings is 1. The summed E-state index contributed by atoms with van der Waals surface area (Å²) in [5.74, 6) is -0.971. The van der Waals surface area contributed by atoms with E-state index in [2.05, 4.69) is 20.2 Å². The van der Waals surface area contributed by atoms with Crippen LogP contribution in [-0.4, -0.2) is 25.4 Å². The molecule has 7 heteroatoms. The molecule has 0 radical (unpaired) electrons. The molecule has 1 aromatic carbocycles. The molecule has 0 bridgehead atoms. The predicted molar refractivity (Wildman–Crippen MR) is 92.8 cm³/mol. The molecule has 0 aliphatic carbocycles. The number of aromatic carboxylic acids is 1. The lowest BCUT2D eigenvalue weighted by atomic mass is 10.2. The Labute approximate surface area is 142 Å². The number of para-hydroxylation sites is 1. The molecular formula is C18H13N5O2. The van der Waals surface area contributed by atoms with Gasteiger partial charge in [0.1, 0.15) is 11.3 Å². The van der Waals surface area contributed by atoms with Crippen LogP contribution in [-0.2, 0) is 0 Å². The van der Waals surface area contributed by atoms with Gasteiger partial charge >= 0.3 is 5.97 Å². The summed E-state index contributed by atoms with van der Waals surface area (Å²) in [6.45, 7) is 1.91. The maximum Gasteiger partial charge on any atom is 0.358 e. The van der Waals surface area contributed by atoms with Gasteiger partial charge in [-0.25, -0.2) is 9.78 Å². The van der Waals surface area contributed by atoms with Crippen LogP contribution in [0.5, 0.6) is 0 Å². The van der Waals surface area contributed by atoms with Crippen LogP contribution in [0.15, 0.2) is 65.1 Å². The Kier molecular flexibility index (Phi) is 3.46. The number of rotatable bonds is 3. The van der Waals surface area contributed by atoms with Crippen molar-refractivity contribution in [1.82, 2.24) is 14.4 Å². The molecule has 0 spiro atoms. The number of pyridine rings is 2. The summed E-state index contributed by atoms with van der Waals surface area (Å²) >= 11 is 0. The van der Waals surface area contributed by atoms with E-state index in [4.69, 9.17) is 0 Å². The van der Waals surface area contributed by atoms with Crippen LogP contribution >= 0.6 is 0 Å². The van der Waals surface area contributed by atoms with Gasteiger partial charge in [0.25, 0.3) is 0 Å². The zero-order chi connectivity index (χ0) is 17.4. The Bertz CT molecular complexity index is 1140. The van der Waals surface area contributed by atoms with E-state index in [-0.39, 0.29) is 11.5 Å². The lowest BCUT2D eigenvalue weighted by Crippen LogP contribution is -1.96. The van der Waals surface area contributed by atoms with E-state index >= 15 is 0 Å². The summed E-state index contributed by atoms with van der Waals surface area (Å²) in [6, 6.07) is 13.0. The molecule has 3 heterocycles. The highest BCUT2D eigenvalue weighted by Gasteiger charge is 2.18. The maximum atomic E-state index is 11.5. The fraction of sp³-hybridized carbons (Fsp3) is 0.0556. The van der Waals surface area contributed by atoms with E-state index in [1.165, 1.54) is 0 Å². The molecule has 122 valence electrons. The Balaban J connectivity index is 1.88. The van der Waals surface area contributed by atoms with E-state index in [9.17, 15) is 9.90 Å². The third kappa shape index (κ3) is 2.61. The van der Waals surface area contributed by atoms with E-state index in [0.717, 1.165) is 10.9 Å². The fourth-order valence-electron chi connectivity index (χ4n) is 2.64. The summed E-state index contributed by atoms with van der Waals surface area (Å²) < 4.78 is 1.61. The third-order valence-corrected chi connectivity index (χ3v) is 3.82. The Morgan fingerprint density at radius 1 is 1.16 bits per heavy atom. The topological polar surface area (TPSA) is 92.2 Å². The van der Waals surface area contributed by atoms with Gasteiger partial charge in [-0.3, -0.25) is 9.38 Å². The molecule has 0 saturated carbocycles. The summed E-state index contributed by atoms with van der Waals surface area (Å²) in [4.78, 5) is 20.0. The van der Waals surface area contributed by atoms with Crippen molar-refractivity contribution < 1.29 is 9.90 Å². The van der Waals surface area contributed by atoms with Crippen LogP contribution in [0.2, 0.25) is 0 Å². The van der Waals surface area contributed by atoms with E-state index in [0.29, 0.717) is 16.9 Å². The lowest BCUT2D eigenvalue weighted by molar-refractivity contribution is 0.0692. The summed E-state index contributed by atoms with van der Waals surface area (Å²) in [5, 5.41) is 18.8. The minimum atomic E-state index is -1.15. The molecular weight excluding hydrogens is 318 g/mol. The van der Waals surface area contributed by atoms with Crippen LogP contribution < -0.4 is 0 Å². The lowest BCUT2D eigenvalue weighted by Gasteiger charge is -2.00. The van der Waals surface area contributed by atoms with Crippen molar-refractivity contribution in [3.63, 3.8) is 0 Å². The van der Waals surface area contributed by atoms with Crippen LogP contribution in [0.3, 0.4) is 0 Å². The summed E-state index contributed by atoms with van der Waals surface area (Å²) in [5.41, 5.74) is 2.63. The van der Waals surface area contributed by atoms with Gasteiger partial charge in [-0.05, 0) is 36.8 Å². The first-order valence-corrected chi connectivity index (χ1v) is 7.61. The average Bonchev–Trinajstić information content (AvgIpc) is 2.97. The van der Waals surface area contributed by atoms with Crippen molar-refractivity contribution in [2.75, 3.05) is 0 Å². The van der Waals surface area contributed by atoms with E-state index in [1.807, 2.05) is 37.3 Å². The number of azo groups is 1. The highest BCUT2D eigenvalue weighted by Crippen LogP contribution is 2.28. The number of aromatic nitrogens is 3. The second-order valence-electron chi connectivity index (χ2n) is 5.57. The molecule has 4 rings (SSSR count). The highest BCUT2D eigenvalue weighted by atomic mass is 16.4. The molecule has 0 aliphatic heterocycles. The molecule has 0 amide bonds. The molecule has 1 N–H and O–H groups in total. The van der Waals surface area contributed by atoms with E-state index < -0.39 is 5.97 Å². The molecule has 3 aromatic heterocycles. The van der Waals surface area contributed by atoms with Crippen LogP contribution in [0.4, 0.5) is 11.5 Å². The van der Waals surface area contributed by atoms with Gasteiger partial charge in [0.2, 0.25) is 0 Å². The first kappa shape index (κ1) is 14.9. The second-order valence-corrected chi connectivity index (χ2v) is 5.57. The molecule has 0 unspecified atom stereocenters. The molecule has 0 aliphatic rings. The molecule has 25 heavy (non-hydrogen) atoms. The van der Waals surface area contributed by atoms with Crippen LogP contribution in [0, 0.1) is 6.92 Å². The Hall–Kier alpha value is -3.61. The Morgan fingerprint density at radius 2 is 2.00 bits per heavy atom. The van der Waals surface area contributed by atoms with Crippen molar-refractivity contribution in [3.8, 4) is 0 Å². The number of carboxylic acids is 1. The monoisotopic (exact) mass is 331 g/mol. The van der Waals surface area contributed by atoms with Crippen molar-refractivity contribution in [1.29, 1.82) is 0 Å². The average molecular weight is 331 g/mol. The Morgan fingerprint density at radius 3 is 2.84 bits per heavy atom. The number of aryl methyl sites for hydroxylation is 1. The highest BCUT2D eigenvalue weighted by molar-refractivity contribution is 5.92. The smallest absolute Gasteiger partial charge is 0.358 e. The number of carboxylic acid groups (broad SMARTS) is 1. The minimum Gasteiger partial charge on any atom is -0.476 e. The normalized spacial score (nSPS) is 11.6. The van der Waals surface area contributed by atoms with Crippen molar-refractivity contribution in [2.45, 2.75) is 6.92 Å². The van der Waals surface area contributed by atoms with Gasteiger partial charge in [-0.2, -0.15) is 0 Å². The molecule has 4 aromatic rings. The van der Waals surface area contributed by atoms with Crippen LogP contribution in [0.25, 0.3) is 16.6 Å². The SMILES string of the molecule is Cc1ccn2c(N=Nc3cccc4cccnc34)c(C(=O)O)nc2c1. The standard InChI is InChI=1S/C18H13N5O2/c1-11-7-9-23-14(10-11)20-16(18(24)25)17(23)22-21-13-6-2-4-12-5-3-8-19-15(12)13/h2-10H,1H3,(H,24,25). The largest absolute Gasteiger partial charge is 0.476 e. The zero-order valence-electron chi connectivity index (χ0n) is 13.3. The summed E-state index contributed by atoms with van der Waals surface area (Å²) in [7, 11) is 0. The molecule has 7 nitrogen and oxygen atoms in total. The van der Waals surface area contributed by atoms with Gasteiger partial charge in [-0.1, -0.05) is 18.2 Å². The van der Waals surface area contributed by atoms with Gasteiger partial charge in [-0.15, -0.1) is 10.2 Å². The molecule has 0 fully saturated rings. The number of fused-ring (bicyclic) bond motifs is 2. The van der Waals surface area contributed by atoms with E-state index in [1.54, 1.807) is 28.9 Å². The minimum absolute atomic E-state index is 0.137. The fourth-order valence-corrected chi connectivity index (χ4v) is 2.64. The van der Waals surface area contributed by atoms with Crippen molar-refractivity contribution >= 4 is 34.0 Å². The van der Waals surface area contributed by atoms with Gasteiger partial charge in [0.15, 0.2) is 11.5 Å². The summed E-state index contributed by atoms with van der Waals surface area (Å²) in [6.07, 6.45) is 3.42. The first-order chi connectivity index (χ1) is 12.1. The number of hydrogen-bond acceptors (Lipinski definition) is 5. The third-order valence-electron chi connectivity index (χ3n) is 3.82. The van der Waals surface area contributed by atoms with Gasteiger partial charge in [0.05, 0.1) is 5.52 Å². The second kappa shape index (κ2) is 5.79. The molecule has 0 atom stereocenters. The number of nitrogens with zero attached hydrogens (tertiary/aromatic N) is 5. The number of hydrogen-bond donors (Lipinski definition) is 1. The van der Waals surface area contributed by atoms with Crippen LogP contribution in [0.1, 0.15) is 16.1 Å². The quantitative estimate of drug-likeness (QED) is 0.566. The first-order valence-electron chi connectivity index (χ1n) is 7.61. The number of imidazole rings is 1. The van der Waals surface area contributed by atoms with Gasteiger partial charge < -0.3 is 5.11 Å². The molecule has 0 saturated heterocycles. The predicted octanol–water partition coefficient (Wildman–Crippen LogP) is 4.30.